The molecule has 0 aliphatic heterocycles. The minimum Gasteiger partial charge on any atom is -0.481 e. The van der Waals surface area contributed by atoms with Crippen molar-refractivity contribution < 1.29 is 200 Å². The highest BCUT2D eigenvalue weighted by Crippen LogP contribution is 2.60. The molecule has 50 heteroatoms. The van der Waals surface area contributed by atoms with E-state index in [9.17, 15) is 195 Å². The molecular formula is C100H90F12N8O30. The number of aryl methyl sites for hydroxylation is 4. The molecule has 0 spiro atoms. The number of hydrogen-bond acceptors (Lipinski definition) is 23. The Kier molecular flexibility index (Phi) is 35.8. The molecule has 4 amide bonds. The SMILES string of the molecule is CNc1cc(C(c2ccc(C)c(NC(=O)C3C(C(C)=O)C(C(=O)O)C3C(=O)O)c2)(C(F)(F)F)C(F)(F)F)ccc1C.CNc1cc(C(c2ccc(C)c(NC(=O)c3cc(C(C)=O)c(C(=O)O)cc3C(=O)O)c2)(C(F)(F)F)C(F)(F)F)ccc1C.CNc1cc(NC(=O)C2C(C(C)=O)C(C(=O)O)C2C(=O)O)cc(C(=O)O)c1.CNc1ccc(Cc2ccc(NC(=O)c3cc(C(C)=O)c(C(=O)O)cc3C(=O)O)c(C(=O)O)c2)cc1C(=O)O. The molecule has 0 radical (unpaired) electrons. The van der Waals surface area contributed by atoms with Crippen LogP contribution in [0.5, 0.6) is 0 Å². The van der Waals surface area contributed by atoms with Crippen LogP contribution in [0.1, 0.15) is 197 Å². The van der Waals surface area contributed by atoms with Crippen LogP contribution >= 0.6 is 0 Å². The molecule has 11 rings (SSSR count). The number of aromatic carboxylic acids is 7. The van der Waals surface area contributed by atoms with Gasteiger partial charge in [-0.1, -0.05) is 60.7 Å². The molecule has 9 aromatic rings. The minimum absolute atomic E-state index is 0.0148. The summed E-state index contributed by atoms with van der Waals surface area (Å²) >= 11 is 0. The van der Waals surface area contributed by atoms with E-state index in [4.69, 9.17) is 5.11 Å². The smallest absolute Gasteiger partial charge is 0.411 e. The zero-order valence-electron chi connectivity index (χ0n) is 80.0. The Bertz CT molecular complexity index is 7000. The minimum atomic E-state index is -5.93. The Morgan fingerprint density at radius 2 is 0.527 bits per heavy atom. The maximum atomic E-state index is 14.7. The van der Waals surface area contributed by atoms with E-state index in [-0.39, 0.29) is 57.0 Å². The van der Waals surface area contributed by atoms with Crippen LogP contribution in [-0.2, 0) is 55.6 Å². The van der Waals surface area contributed by atoms with Gasteiger partial charge >= 0.3 is 90.4 Å². The number of Topliss-reactive ketones (excluding diaryl/α,β-unsaturated/α-hetero) is 4. The van der Waals surface area contributed by atoms with Crippen molar-refractivity contribution in [2.45, 2.75) is 97.3 Å². The number of benzene rings is 9. The molecule has 0 bridgehead atoms. The molecule has 2 aliphatic rings. The van der Waals surface area contributed by atoms with Gasteiger partial charge in [0, 0.05) is 91.0 Å². The van der Waals surface area contributed by atoms with Crippen LogP contribution in [0.25, 0.3) is 0 Å². The van der Waals surface area contributed by atoms with Crippen molar-refractivity contribution in [1.29, 1.82) is 0 Å². The van der Waals surface area contributed by atoms with E-state index in [0.717, 1.165) is 70.2 Å². The Hall–Kier alpha value is -17.9. The van der Waals surface area contributed by atoms with Crippen molar-refractivity contribution in [2.24, 2.45) is 47.3 Å². The maximum absolute atomic E-state index is 14.7. The van der Waals surface area contributed by atoms with Gasteiger partial charge in [-0.25, -0.2) is 33.6 Å². The molecule has 0 aromatic heterocycles. The van der Waals surface area contributed by atoms with Crippen LogP contribution in [0.2, 0.25) is 0 Å². The lowest BCUT2D eigenvalue weighted by atomic mass is 9.55. The first-order valence-electron chi connectivity index (χ1n) is 43.5. The van der Waals surface area contributed by atoms with Crippen molar-refractivity contribution in [1.82, 2.24) is 0 Å². The fraction of sp³-hybridized carbons (Fsp3) is 0.270. The number of aliphatic carboxylic acids is 4. The summed E-state index contributed by atoms with van der Waals surface area (Å²) in [5.74, 6) is -36.7. The number of carboxylic acids is 11. The fourth-order valence-electron chi connectivity index (χ4n) is 17.6. The second-order valence-electron chi connectivity index (χ2n) is 34.1. The molecule has 150 heavy (non-hydrogen) atoms. The van der Waals surface area contributed by atoms with E-state index in [1.54, 1.807) is 26.2 Å². The molecule has 2 fully saturated rings. The Morgan fingerprint density at radius 3 is 0.820 bits per heavy atom. The predicted molar refractivity (Wildman–Crippen MR) is 505 cm³/mol. The van der Waals surface area contributed by atoms with Crippen molar-refractivity contribution >= 4 is 158 Å². The van der Waals surface area contributed by atoms with Crippen molar-refractivity contribution in [3.8, 4) is 0 Å². The van der Waals surface area contributed by atoms with E-state index in [1.165, 1.54) is 84.3 Å². The summed E-state index contributed by atoms with van der Waals surface area (Å²) in [4.78, 5) is 227. The van der Waals surface area contributed by atoms with E-state index in [2.05, 4.69) is 42.5 Å². The highest BCUT2D eigenvalue weighted by Gasteiger charge is 2.74. The standard InChI is InChI=1S/C29H24F6N2O6.C27H26F6N2O6.C27H22N2O10.C17H18N2O8/c1-13-5-7-16(9-22(13)36-4)27(28(30,31)32,29(33,34)35)17-8-6-14(2)23(10-17)37-24(39)19-11-18(15(3)38)20(25(40)41)12-21(19)26(42)43;1-11-5-7-14(9-16(11)34-4)25(26(28,29)30,27(31,32)33)15-8-6-12(2)17(10-15)35-22(37)19-18(13(3)36)20(23(38)39)21(19)24(40)41;1-12(30)15-10-16(18(25(34)35)11-17(15)24(32)33)23(31)29-22-6-4-14(9-20(22)27(38)39)7-13-3-5-21(28-2)19(8-13)26(36)37;1-6(20)10-11(13(17(26)27)12(10)16(24)25)14(21)19-9-4-7(15(22)23)3-8(5-9)18-2/h5-12,36H,1-4H3,(H,37,39)(H,40,41)(H,42,43);5-10,18-21,34H,1-4H3,(H,35,37)(H,38,39)(H,40,41);3-6,8-11,28H,7H2,1-2H3,(H,29,31)(H,32,33)(H,34,35)(H,36,37)(H,38,39);3-5,10-13,18H,1-2H3,(H,19,21)(H,22,23)(H,24,25)(H,26,27). The van der Waals surface area contributed by atoms with E-state index in [0.29, 0.717) is 88.2 Å². The normalized spacial score (nSPS) is 16.2. The molecule has 2 aliphatic carbocycles. The summed E-state index contributed by atoms with van der Waals surface area (Å²) in [5.41, 5.74) is -17.9. The molecule has 19 N–H and O–H groups in total. The average Bonchev–Trinajstić information content (AvgIpc) is 0.708. The van der Waals surface area contributed by atoms with E-state index < -0.39 is 273 Å². The predicted octanol–water partition coefficient (Wildman–Crippen LogP) is 15.7. The van der Waals surface area contributed by atoms with Crippen molar-refractivity contribution in [2.75, 3.05) is 70.7 Å². The number of carbonyl (C=O) groups is 19. The summed E-state index contributed by atoms with van der Waals surface area (Å²) in [6.07, 6.45) is -23.5. The Labute approximate surface area is 838 Å². The number of carboxylic acid groups (broad SMARTS) is 11. The van der Waals surface area contributed by atoms with E-state index in [1.807, 2.05) is 0 Å². The number of hydrogen-bond donors (Lipinski definition) is 19. The summed E-state index contributed by atoms with van der Waals surface area (Å²) in [6, 6.07) is 24.7. The van der Waals surface area contributed by atoms with Crippen LogP contribution in [0, 0.1) is 75.0 Å². The second-order valence-corrected chi connectivity index (χ2v) is 34.1. The number of amides is 4. The molecular weight excluding hydrogens is 2020 g/mol. The lowest BCUT2D eigenvalue weighted by Crippen LogP contribution is -2.60. The topological polar surface area (TPSA) is 643 Å². The number of anilines is 8. The van der Waals surface area contributed by atoms with Gasteiger partial charge in [0.05, 0.1) is 91.3 Å². The van der Waals surface area contributed by atoms with Crippen LogP contribution in [0.3, 0.4) is 0 Å². The molecule has 0 saturated heterocycles. The Balaban J connectivity index is 0.000000246. The average molecular weight is 2110 g/mol. The molecule has 8 atom stereocenters. The van der Waals surface area contributed by atoms with Crippen LogP contribution in [0.15, 0.2) is 152 Å². The molecule has 0 heterocycles. The largest absolute Gasteiger partial charge is 0.481 e. The van der Waals surface area contributed by atoms with Gasteiger partial charge in [-0.05, 0) is 208 Å². The lowest BCUT2D eigenvalue weighted by molar-refractivity contribution is -0.290. The third-order valence-electron chi connectivity index (χ3n) is 25.0. The number of alkyl halides is 12. The summed E-state index contributed by atoms with van der Waals surface area (Å²) < 4.78 is 176. The second kappa shape index (κ2) is 45.8. The van der Waals surface area contributed by atoms with Gasteiger partial charge < -0.3 is 98.7 Å². The van der Waals surface area contributed by atoms with Gasteiger partial charge in [-0.15, -0.1) is 0 Å². The highest BCUT2D eigenvalue weighted by atomic mass is 19.4. The van der Waals surface area contributed by atoms with Crippen LogP contribution in [0.4, 0.5) is 98.2 Å². The zero-order valence-corrected chi connectivity index (χ0v) is 80.0. The van der Waals surface area contributed by atoms with Crippen molar-refractivity contribution in [3.05, 3.63) is 268 Å². The lowest BCUT2D eigenvalue weighted by Gasteiger charge is -2.45. The Morgan fingerprint density at radius 1 is 0.253 bits per heavy atom. The molecule has 9 aromatic carbocycles. The number of halogens is 12. The van der Waals surface area contributed by atoms with E-state index >= 15 is 0 Å². The summed E-state index contributed by atoms with van der Waals surface area (Å²) in [7, 11) is 5.79. The van der Waals surface area contributed by atoms with Crippen LogP contribution in [-0.4, -0.2) is 221 Å². The first kappa shape index (κ1) is 117. The van der Waals surface area contributed by atoms with Crippen molar-refractivity contribution in [3.63, 3.8) is 0 Å². The van der Waals surface area contributed by atoms with Gasteiger partial charge in [0.2, 0.25) is 22.6 Å². The quantitative estimate of drug-likeness (QED) is 0.0134. The monoisotopic (exact) mass is 2110 g/mol. The van der Waals surface area contributed by atoms with Gasteiger partial charge in [0.25, 0.3) is 11.8 Å². The molecule has 794 valence electrons. The van der Waals surface area contributed by atoms with Gasteiger partial charge in [0.1, 0.15) is 11.6 Å². The first-order valence-corrected chi connectivity index (χ1v) is 43.5. The summed E-state index contributed by atoms with van der Waals surface area (Å²) in [6.45, 7) is 9.60. The molecule has 8 unspecified atom stereocenters. The molecule has 38 nitrogen and oxygen atoms in total. The van der Waals surface area contributed by atoms with Crippen LogP contribution < -0.4 is 42.5 Å². The number of rotatable bonds is 33. The fourth-order valence-corrected chi connectivity index (χ4v) is 17.6. The van der Waals surface area contributed by atoms with Gasteiger partial charge in [0.15, 0.2) is 11.6 Å². The third kappa shape index (κ3) is 24.1. The maximum Gasteiger partial charge on any atom is 0.411 e. The number of carbonyl (C=O) groups excluding carboxylic acids is 8. The number of nitrogens with one attached hydrogen (secondary N) is 8. The summed E-state index contributed by atoms with van der Waals surface area (Å²) in [5, 5.41) is 123. The zero-order chi connectivity index (χ0) is 113. The first-order chi connectivity index (χ1) is 69.5. The van der Waals surface area contributed by atoms with Gasteiger partial charge in [-0.2, -0.15) is 52.7 Å². The molecule has 2 saturated carbocycles. The highest BCUT2D eigenvalue weighted by molar-refractivity contribution is 6.18. The van der Waals surface area contributed by atoms with Gasteiger partial charge in [-0.3, -0.25) is 57.5 Å². The number of ketones is 4. The third-order valence-corrected chi connectivity index (χ3v) is 25.0.